The quantitative estimate of drug-likeness (QED) is 0.620. The molecular weight excluding hydrogens is 345 g/mol. The molecule has 0 spiro atoms. The van der Waals surface area contributed by atoms with Crippen molar-refractivity contribution in [3.63, 3.8) is 0 Å². The van der Waals surface area contributed by atoms with E-state index in [4.69, 9.17) is 83.8 Å². The minimum absolute atomic E-state index is 0.163. The number of ether oxygens (including phenoxy) is 3. The zero-order chi connectivity index (χ0) is 12.6. The van der Waals surface area contributed by atoms with Crippen molar-refractivity contribution in [3.8, 4) is 0 Å². The van der Waals surface area contributed by atoms with E-state index in [9.17, 15) is 0 Å². The Hall–Kier alpha value is 1.62. The predicted octanol–water partition coefficient (Wildman–Crippen LogP) is 3.83. The number of rotatable bonds is 0. The lowest BCUT2D eigenvalue weighted by molar-refractivity contribution is -0.205. The van der Waals surface area contributed by atoms with Gasteiger partial charge in [-0.3, -0.25) is 0 Å². The van der Waals surface area contributed by atoms with Crippen molar-refractivity contribution < 1.29 is 14.2 Å². The van der Waals surface area contributed by atoms with Crippen LogP contribution in [0.2, 0.25) is 0 Å². The Morgan fingerprint density at radius 3 is 1.81 bits per heavy atom. The molecule has 0 saturated carbocycles. The van der Waals surface area contributed by atoms with Gasteiger partial charge >= 0.3 is 0 Å². The first kappa shape index (κ1) is 15.7. The van der Waals surface area contributed by atoms with Gasteiger partial charge in [0.2, 0.25) is 20.2 Å². The van der Waals surface area contributed by atoms with E-state index in [2.05, 4.69) is 0 Å². The largest absolute Gasteiger partial charge is 0.346 e. The van der Waals surface area contributed by atoms with Gasteiger partial charge < -0.3 is 14.2 Å². The first-order valence-electron chi connectivity index (χ1n) is 4.16. The lowest BCUT2D eigenvalue weighted by atomic mass is 10.4. The Bertz CT molecular complexity index is 237. The normalized spacial score (nSPS) is 33.6. The van der Waals surface area contributed by atoms with E-state index in [-0.39, 0.29) is 12.7 Å². The van der Waals surface area contributed by atoms with Gasteiger partial charge in [-0.1, -0.05) is 69.6 Å². The minimum Gasteiger partial charge on any atom is -0.346 e. The third kappa shape index (κ3) is 4.71. The van der Waals surface area contributed by atoms with Crippen LogP contribution in [0.1, 0.15) is 6.92 Å². The van der Waals surface area contributed by atoms with Gasteiger partial charge in [-0.15, -0.1) is 0 Å². The van der Waals surface area contributed by atoms with Crippen molar-refractivity contribution in [2.24, 2.45) is 0 Å². The molecule has 0 amide bonds. The molecule has 1 saturated heterocycles. The Morgan fingerprint density at radius 1 is 0.875 bits per heavy atom. The Balaban J connectivity index is 2.79. The molecule has 9 heteroatoms. The average Bonchev–Trinajstić information content (AvgIpc) is 2.24. The van der Waals surface area contributed by atoms with E-state index in [0.717, 1.165) is 0 Å². The third-order valence-electron chi connectivity index (χ3n) is 1.62. The number of halogens is 6. The van der Waals surface area contributed by atoms with Crippen LogP contribution in [-0.4, -0.2) is 32.9 Å². The van der Waals surface area contributed by atoms with Crippen LogP contribution in [0.15, 0.2) is 0 Å². The summed E-state index contributed by atoms with van der Waals surface area (Å²) in [6.45, 7) is 1.88. The maximum atomic E-state index is 5.66. The molecule has 1 heterocycles. The molecule has 1 aliphatic rings. The number of hydrogen-bond donors (Lipinski definition) is 0. The maximum absolute atomic E-state index is 5.66. The molecule has 0 aromatic carbocycles. The molecule has 1 aliphatic heterocycles. The summed E-state index contributed by atoms with van der Waals surface area (Å²) in [7, 11) is 0. The zero-order valence-electron chi connectivity index (χ0n) is 7.93. The highest BCUT2D eigenvalue weighted by Crippen LogP contribution is 2.40. The Morgan fingerprint density at radius 2 is 1.38 bits per heavy atom. The predicted molar refractivity (Wildman–Crippen MR) is 65.7 cm³/mol. The second-order valence-corrected chi connectivity index (χ2v) is 7.90. The molecular formula is C7H8Cl6O3. The van der Waals surface area contributed by atoms with Crippen LogP contribution in [-0.2, 0) is 14.2 Å². The molecule has 3 nitrogen and oxygen atoms in total. The van der Waals surface area contributed by atoms with Gasteiger partial charge in [0.05, 0.1) is 12.7 Å². The van der Waals surface area contributed by atoms with Crippen molar-refractivity contribution in [1.82, 2.24) is 0 Å². The molecule has 96 valence electrons. The van der Waals surface area contributed by atoms with Gasteiger partial charge in [0.1, 0.15) is 0 Å². The summed E-state index contributed by atoms with van der Waals surface area (Å²) < 4.78 is 12.1. The van der Waals surface area contributed by atoms with Crippen molar-refractivity contribution >= 4 is 69.6 Å². The van der Waals surface area contributed by atoms with Crippen LogP contribution in [0.4, 0.5) is 0 Å². The van der Waals surface area contributed by atoms with Crippen LogP contribution in [0, 0.1) is 0 Å². The molecule has 16 heavy (non-hydrogen) atoms. The second-order valence-electron chi connectivity index (χ2n) is 3.16. The third-order valence-corrected chi connectivity index (χ3v) is 2.69. The van der Waals surface area contributed by atoms with Crippen molar-refractivity contribution in [3.05, 3.63) is 0 Å². The highest BCUT2D eigenvalue weighted by Gasteiger charge is 2.45. The van der Waals surface area contributed by atoms with Gasteiger partial charge in [-0.05, 0) is 6.92 Å². The van der Waals surface area contributed by atoms with E-state index in [1.54, 1.807) is 6.92 Å². The van der Waals surface area contributed by atoms with Gasteiger partial charge in [0.15, 0.2) is 0 Å². The van der Waals surface area contributed by atoms with Gasteiger partial charge in [-0.25, -0.2) is 0 Å². The fourth-order valence-corrected chi connectivity index (χ4v) is 1.63. The zero-order valence-corrected chi connectivity index (χ0v) is 12.5. The monoisotopic (exact) mass is 350 g/mol. The van der Waals surface area contributed by atoms with Gasteiger partial charge in [-0.2, -0.15) is 0 Å². The summed E-state index contributed by atoms with van der Waals surface area (Å²) in [5.74, 6) is 0. The van der Waals surface area contributed by atoms with E-state index in [0.29, 0.717) is 0 Å². The highest BCUT2D eigenvalue weighted by molar-refractivity contribution is 6.68. The summed E-state index contributed by atoms with van der Waals surface area (Å²) in [5, 5.41) is 0. The van der Waals surface area contributed by atoms with Crippen LogP contribution in [0.3, 0.4) is 0 Å². The van der Waals surface area contributed by atoms with E-state index in [1.165, 1.54) is 0 Å². The Kier molecular flexibility index (Phi) is 5.61. The van der Waals surface area contributed by atoms with Gasteiger partial charge in [0, 0.05) is 0 Å². The van der Waals surface area contributed by atoms with Crippen LogP contribution >= 0.6 is 69.6 Å². The molecule has 0 bridgehead atoms. The average molecular weight is 353 g/mol. The maximum Gasteiger partial charge on any atom is 0.241 e. The first-order chi connectivity index (χ1) is 7.10. The van der Waals surface area contributed by atoms with Crippen molar-refractivity contribution in [2.45, 2.75) is 33.2 Å². The standard InChI is InChI=1S/C7H8Cl6O3/c1-3-2-14-4(6(8,9)10)16-5(15-3)7(11,12)13/h3-5H,2H2,1H3. The van der Waals surface area contributed by atoms with Crippen molar-refractivity contribution in [2.75, 3.05) is 6.61 Å². The Labute approximate surface area is 123 Å². The van der Waals surface area contributed by atoms with E-state index in [1.807, 2.05) is 0 Å². The molecule has 3 unspecified atom stereocenters. The summed E-state index contributed by atoms with van der Waals surface area (Å²) in [4.78, 5) is 0. The summed E-state index contributed by atoms with van der Waals surface area (Å²) >= 11 is 33.9. The summed E-state index contributed by atoms with van der Waals surface area (Å²) in [6, 6.07) is 0. The SMILES string of the molecule is CC1COC(C(Cl)(Cl)Cl)OC(C(Cl)(Cl)Cl)O1. The molecule has 0 aliphatic carbocycles. The number of hydrogen-bond acceptors (Lipinski definition) is 3. The summed E-state index contributed by atoms with van der Waals surface area (Å²) in [6.07, 6.45) is -2.68. The molecule has 0 aromatic rings. The van der Waals surface area contributed by atoms with Crippen LogP contribution in [0.25, 0.3) is 0 Å². The van der Waals surface area contributed by atoms with Crippen molar-refractivity contribution in [1.29, 1.82) is 0 Å². The number of alkyl halides is 6. The lowest BCUT2D eigenvalue weighted by Gasteiger charge is -2.28. The fraction of sp³-hybridized carbons (Fsp3) is 1.00. The van der Waals surface area contributed by atoms with Crippen LogP contribution < -0.4 is 0 Å². The molecule has 1 rings (SSSR count). The lowest BCUT2D eigenvalue weighted by Crippen LogP contribution is -2.39. The summed E-state index contributed by atoms with van der Waals surface area (Å²) in [5.41, 5.74) is 0. The molecule has 0 N–H and O–H groups in total. The van der Waals surface area contributed by atoms with Gasteiger partial charge in [0.25, 0.3) is 0 Å². The minimum atomic E-state index is -1.80. The second kappa shape index (κ2) is 5.72. The smallest absolute Gasteiger partial charge is 0.241 e. The topological polar surface area (TPSA) is 27.7 Å². The van der Waals surface area contributed by atoms with E-state index < -0.39 is 20.2 Å². The highest BCUT2D eigenvalue weighted by atomic mass is 35.6. The molecule has 0 aromatic heterocycles. The first-order valence-corrected chi connectivity index (χ1v) is 6.43. The molecule has 3 atom stereocenters. The van der Waals surface area contributed by atoms with Crippen LogP contribution in [0.5, 0.6) is 0 Å². The molecule has 0 radical (unpaired) electrons. The van der Waals surface area contributed by atoms with E-state index >= 15 is 0 Å². The fourth-order valence-electron chi connectivity index (χ4n) is 0.983. The molecule has 1 fully saturated rings.